The first-order valence-corrected chi connectivity index (χ1v) is 4.80. The van der Waals surface area contributed by atoms with Gasteiger partial charge in [-0.15, -0.1) is 0 Å². The number of pyridine rings is 1. The number of aromatic nitrogens is 1. The number of nitrogens with two attached hydrogens (primary N) is 2. The molecule has 1 heterocycles. The van der Waals surface area contributed by atoms with Crippen LogP contribution in [0.15, 0.2) is 12.3 Å². The van der Waals surface area contributed by atoms with Crippen molar-refractivity contribution in [3.05, 3.63) is 23.4 Å². The van der Waals surface area contributed by atoms with E-state index in [1.54, 1.807) is 6.20 Å². The number of rotatable bonds is 1. The highest BCUT2D eigenvalue weighted by Crippen LogP contribution is 2.34. The van der Waals surface area contributed by atoms with Crippen molar-refractivity contribution >= 4 is 5.82 Å². The van der Waals surface area contributed by atoms with Crippen LogP contribution in [-0.4, -0.2) is 4.98 Å². The average Bonchev–Trinajstić information content (AvgIpc) is 2.01. The van der Waals surface area contributed by atoms with Crippen molar-refractivity contribution in [2.75, 3.05) is 5.73 Å². The lowest BCUT2D eigenvalue weighted by atomic mass is 9.82. The van der Waals surface area contributed by atoms with E-state index in [0.29, 0.717) is 5.82 Å². The zero-order valence-corrected chi connectivity index (χ0v) is 9.33. The van der Waals surface area contributed by atoms with Crippen LogP contribution < -0.4 is 11.5 Å². The summed E-state index contributed by atoms with van der Waals surface area (Å²) in [6, 6.07) is 1.87. The van der Waals surface area contributed by atoms with Gasteiger partial charge in [0.1, 0.15) is 5.82 Å². The minimum Gasteiger partial charge on any atom is -0.383 e. The van der Waals surface area contributed by atoms with Crippen LogP contribution in [0, 0.1) is 12.3 Å². The van der Waals surface area contributed by atoms with Gasteiger partial charge in [0.15, 0.2) is 0 Å². The molecule has 0 bridgehead atoms. The SMILES string of the molecule is Cc1ccnc(N)c1C(N)C(C)(C)C. The molecule has 0 saturated heterocycles. The van der Waals surface area contributed by atoms with Gasteiger partial charge in [0.05, 0.1) is 0 Å². The molecule has 78 valence electrons. The molecule has 0 aliphatic carbocycles. The average molecular weight is 193 g/mol. The quantitative estimate of drug-likeness (QED) is 0.717. The molecule has 0 radical (unpaired) electrons. The third-order valence-corrected chi connectivity index (χ3v) is 2.48. The van der Waals surface area contributed by atoms with Crippen LogP contribution >= 0.6 is 0 Å². The normalized spacial score (nSPS) is 14.1. The predicted octanol–water partition coefficient (Wildman–Crippen LogP) is 2.02. The second kappa shape index (κ2) is 3.58. The molecule has 1 aromatic rings. The molecule has 3 heteroatoms. The Morgan fingerprint density at radius 2 is 1.93 bits per heavy atom. The van der Waals surface area contributed by atoms with Gasteiger partial charge in [0.25, 0.3) is 0 Å². The summed E-state index contributed by atoms with van der Waals surface area (Å²) in [6.07, 6.45) is 1.71. The van der Waals surface area contributed by atoms with E-state index in [1.807, 2.05) is 13.0 Å². The van der Waals surface area contributed by atoms with Gasteiger partial charge >= 0.3 is 0 Å². The van der Waals surface area contributed by atoms with Gasteiger partial charge in [-0.25, -0.2) is 4.98 Å². The summed E-state index contributed by atoms with van der Waals surface area (Å²) in [5, 5.41) is 0. The molecule has 0 saturated carbocycles. The second-order valence-corrected chi connectivity index (χ2v) is 4.77. The third kappa shape index (κ3) is 2.04. The summed E-state index contributed by atoms with van der Waals surface area (Å²) in [4.78, 5) is 4.07. The van der Waals surface area contributed by atoms with Gasteiger partial charge in [-0.1, -0.05) is 20.8 Å². The molecule has 0 aromatic carbocycles. The molecule has 3 nitrogen and oxygen atoms in total. The van der Waals surface area contributed by atoms with E-state index in [1.165, 1.54) is 0 Å². The zero-order valence-electron chi connectivity index (χ0n) is 9.33. The van der Waals surface area contributed by atoms with E-state index in [4.69, 9.17) is 11.5 Å². The number of nitrogens with zero attached hydrogens (tertiary/aromatic N) is 1. The molecular weight excluding hydrogens is 174 g/mol. The van der Waals surface area contributed by atoms with Crippen LogP contribution in [0.25, 0.3) is 0 Å². The molecule has 1 atom stereocenters. The molecule has 0 aliphatic rings. The monoisotopic (exact) mass is 193 g/mol. The van der Waals surface area contributed by atoms with Crippen LogP contribution in [0.1, 0.15) is 37.9 Å². The van der Waals surface area contributed by atoms with Gasteiger partial charge in [0.2, 0.25) is 0 Å². The van der Waals surface area contributed by atoms with Gasteiger partial charge in [0, 0.05) is 17.8 Å². The van der Waals surface area contributed by atoms with Crippen molar-refractivity contribution in [3.63, 3.8) is 0 Å². The Hall–Kier alpha value is -1.09. The molecule has 0 spiro atoms. The van der Waals surface area contributed by atoms with Gasteiger partial charge in [-0.2, -0.15) is 0 Å². The first-order chi connectivity index (χ1) is 6.34. The van der Waals surface area contributed by atoms with Crippen molar-refractivity contribution in [2.24, 2.45) is 11.1 Å². The summed E-state index contributed by atoms with van der Waals surface area (Å²) in [5.74, 6) is 0.549. The number of nitrogen functional groups attached to an aromatic ring is 1. The zero-order chi connectivity index (χ0) is 10.9. The van der Waals surface area contributed by atoms with Crippen LogP contribution in [0.2, 0.25) is 0 Å². The van der Waals surface area contributed by atoms with Gasteiger partial charge in [-0.05, 0) is 24.0 Å². The maximum absolute atomic E-state index is 6.15. The highest BCUT2D eigenvalue weighted by atomic mass is 14.8. The van der Waals surface area contributed by atoms with Crippen LogP contribution in [0.3, 0.4) is 0 Å². The summed E-state index contributed by atoms with van der Waals surface area (Å²) >= 11 is 0. The highest BCUT2D eigenvalue weighted by molar-refractivity contribution is 5.46. The van der Waals surface area contributed by atoms with E-state index < -0.39 is 0 Å². The van der Waals surface area contributed by atoms with Crippen LogP contribution in [0.5, 0.6) is 0 Å². The van der Waals surface area contributed by atoms with E-state index >= 15 is 0 Å². The number of aryl methyl sites for hydroxylation is 1. The fraction of sp³-hybridized carbons (Fsp3) is 0.545. The smallest absolute Gasteiger partial charge is 0.128 e. The molecule has 1 unspecified atom stereocenters. The fourth-order valence-electron chi connectivity index (χ4n) is 1.43. The Labute approximate surface area is 85.5 Å². The maximum Gasteiger partial charge on any atom is 0.128 e. The van der Waals surface area contributed by atoms with Gasteiger partial charge in [-0.3, -0.25) is 0 Å². The Bertz CT molecular complexity index is 306. The van der Waals surface area contributed by atoms with E-state index in [9.17, 15) is 0 Å². The van der Waals surface area contributed by atoms with Crippen molar-refractivity contribution in [3.8, 4) is 0 Å². The minimum atomic E-state index is -0.0730. The lowest BCUT2D eigenvalue weighted by molar-refractivity contribution is 0.326. The molecule has 1 rings (SSSR count). The topological polar surface area (TPSA) is 64.9 Å². The predicted molar refractivity (Wildman–Crippen MR) is 59.8 cm³/mol. The summed E-state index contributed by atoms with van der Waals surface area (Å²) in [6.45, 7) is 8.32. The molecule has 1 aromatic heterocycles. The standard InChI is InChI=1S/C11H19N3/c1-7-5-6-14-10(13)8(7)9(12)11(2,3)4/h5-6,9H,12H2,1-4H3,(H2,13,14). The van der Waals surface area contributed by atoms with Crippen molar-refractivity contribution in [2.45, 2.75) is 33.7 Å². The highest BCUT2D eigenvalue weighted by Gasteiger charge is 2.25. The summed E-state index contributed by atoms with van der Waals surface area (Å²) in [5.41, 5.74) is 14.1. The number of hydrogen-bond donors (Lipinski definition) is 2. The van der Waals surface area contributed by atoms with Crippen molar-refractivity contribution in [1.29, 1.82) is 0 Å². The third-order valence-electron chi connectivity index (χ3n) is 2.48. The Morgan fingerprint density at radius 1 is 1.36 bits per heavy atom. The lowest BCUT2D eigenvalue weighted by Gasteiger charge is -2.29. The van der Waals surface area contributed by atoms with Crippen molar-refractivity contribution in [1.82, 2.24) is 4.98 Å². The van der Waals surface area contributed by atoms with Crippen LogP contribution in [0.4, 0.5) is 5.82 Å². The van der Waals surface area contributed by atoms with Gasteiger partial charge < -0.3 is 11.5 Å². The maximum atomic E-state index is 6.15. The molecule has 0 fully saturated rings. The fourth-order valence-corrected chi connectivity index (χ4v) is 1.43. The van der Waals surface area contributed by atoms with E-state index in [0.717, 1.165) is 11.1 Å². The first kappa shape index (κ1) is 11.0. The number of hydrogen-bond acceptors (Lipinski definition) is 3. The van der Waals surface area contributed by atoms with Crippen molar-refractivity contribution < 1.29 is 0 Å². The largest absolute Gasteiger partial charge is 0.383 e. The number of anilines is 1. The van der Waals surface area contributed by atoms with E-state index in [2.05, 4.69) is 25.8 Å². The first-order valence-electron chi connectivity index (χ1n) is 4.80. The second-order valence-electron chi connectivity index (χ2n) is 4.77. The molecule has 0 amide bonds. The summed E-state index contributed by atoms with van der Waals surface area (Å²) < 4.78 is 0. The molecule has 14 heavy (non-hydrogen) atoms. The molecule has 4 N–H and O–H groups in total. The molecule has 0 aliphatic heterocycles. The minimum absolute atomic E-state index is 0.00190. The molecular formula is C11H19N3. The Kier molecular flexibility index (Phi) is 2.81. The Morgan fingerprint density at radius 3 is 2.36 bits per heavy atom. The van der Waals surface area contributed by atoms with E-state index in [-0.39, 0.29) is 11.5 Å². The van der Waals surface area contributed by atoms with Crippen LogP contribution in [-0.2, 0) is 0 Å². The summed E-state index contributed by atoms with van der Waals surface area (Å²) in [7, 11) is 0. The Balaban J connectivity index is 3.19. The lowest BCUT2D eigenvalue weighted by Crippen LogP contribution is -2.28.